The van der Waals surface area contributed by atoms with E-state index in [-0.39, 0.29) is 0 Å². The largest absolute Gasteiger partial charge is 0.497 e. The van der Waals surface area contributed by atoms with Crippen LogP contribution in [0.2, 0.25) is 0 Å². The fourth-order valence-electron chi connectivity index (χ4n) is 1.24. The van der Waals surface area contributed by atoms with Crippen LogP contribution in [0, 0.1) is 0 Å². The van der Waals surface area contributed by atoms with Gasteiger partial charge in [0.2, 0.25) is 0 Å². The van der Waals surface area contributed by atoms with Crippen molar-refractivity contribution in [1.29, 1.82) is 0 Å². The van der Waals surface area contributed by atoms with Crippen molar-refractivity contribution < 1.29 is 4.74 Å². The zero-order chi connectivity index (χ0) is 10.7. The minimum Gasteiger partial charge on any atom is -0.497 e. The second-order valence-electron chi connectivity index (χ2n) is 2.99. The third-order valence-corrected chi connectivity index (χ3v) is 2.27. The number of alkyl halides is 1. The standard InChI is InChI=1S/C10H10ClN3O/c1-15-10-4-2-3-9(5-10)14-7-8(6-11)12-13-14/h2-5,7H,6H2,1H3. The van der Waals surface area contributed by atoms with Gasteiger partial charge < -0.3 is 4.74 Å². The molecule has 0 amide bonds. The van der Waals surface area contributed by atoms with Gasteiger partial charge in [-0.1, -0.05) is 11.3 Å². The number of rotatable bonds is 3. The summed E-state index contributed by atoms with van der Waals surface area (Å²) < 4.78 is 6.79. The lowest BCUT2D eigenvalue weighted by molar-refractivity contribution is 0.414. The van der Waals surface area contributed by atoms with Gasteiger partial charge in [0, 0.05) is 6.07 Å². The van der Waals surface area contributed by atoms with Crippen LogP contribution in [0.4, 0.5) is 0 Å². The van der Waals surface area contributed by atoms with E-state index in [1.807, 2.05) is 24.3 Å². The normalized spacial score (nSPS) is 10.3. The highest BCUT2D eigenvalue weighted by atomic mass is 35.5. The molecular formula is C10H10ClN3O. The van der Waals surface area contributed by atoms with E-state index in [4.69, 9.17) is 16.3 Å². The Bertz CT molecular complexity index is 455. The average Bonchev–Trinajstić information content (AvgIpc) is 2.78. The van der Waals surface area contributed by atoms with E-state index in [1.165, 1.54) is 0 Å². The zero-order valence-corrected chi connectivity index (χ0v) is 8.98. The maximum absolute atomic E-state index is 5.65. The molecular weight excluding hydrogens is 214 g/mol. The van der Waals surface area contributed by atoms with Crippen molar-refractivity contribution in [3.63, 3.8) is 0 Å². The number of aromatic nitrogens is 3. The maximum Gasteiger partial charge on any atom is 0.121 e. The number of halogens is 1. The molecule has 2 aromatic rings. The molecule has 5 heteroatoms. The molecule has 0 aliphatic rings. The summed E-state index contributed by atoms with van der Waals surface area (Å²) in [5.41, 5.74) is 1.65. The van der Waals surface area contributed by atoms with Gasteiger partial charge in [0.25, 0.3) is 0 Å². The molecule has 0 saturated heterocycles. The van der Waals surface area contributed by atoms with E-state index in [9.17, 15) is 0 Å². The minimum absolute atomic E-state index is 0.365. The van der Waals surface area contributed by atoms with Crippen molar-refractivity contribution in [2.45, 2.75) is 5.88 Å². The van der Waals surface area contributed by atoms with E-state index in [0.717, 1.165) is 17.1 Å². The Morgan fingerprint density at radius 3 is 3.00 bits per heavy atom. The maximum atomic E-state index is 5.65. The van der Waals surface area contributed by atoms with E-state index in [0.29, 0.717) is 5.88 Å². The average molecular weight is 224 g/mol. The van der Waals surface area contributed by atoms with E-state index < -0.39 is 0 Å². The molecule has 0 unspecified atom stereocenters. The van der Waals surface area contributed by atoms with Crippen molar-refractivity contribution in [2.75, 3.05) is 7.11 Å². The molecule has 0 N–H and O–H groups in total. The summed E-state index contributed by atoms with van der Waals surface area (Å²) in [6.07, 6.45) is 1.79. The third kappa shape index (κ3) is 2.10. The van der Waals surface area contributed by atoms with Crippen LogP contribution in [-0.4, -0.2) is 22.1 Å². The lowest BCUT2D eigenvalue weighted by Gasteiger charge is -2.02. The number of benzene rings is 1. The highest BCUT2D eigenvalue weighted by Crippen LogP contribution is 2.15. The molecule has 0 radical (unpaired) electrons. The predicted molar refractivity (Wildman–Crippen MR) is 57.5 cm³/mol. The number of hydrogen-bond acceptors (Lipinski definition) is 3. The summed E-state index contributed by atoms with van der Waals surface area (Å²) in [5, 5.41) is 7.87. The third-order valence-electron chi connectivity index (χ3n) is 2.00. The number of hydrogen-bond donors (Lipinski definition) is 0. The molecule has 0 spiro atoms. The Morgan fingerprint density at radius 1 is 1.47 bits per heavy atom. The van der Waals surface area contributed by atoms with Gasteiger partial charge in [-0.25, -0.2) is 4.68 Å². The monoisotopic (exact) mass is 223 g/mol. The first kappa shape index (κ1) is 9.98. The lowest BCUT2D eigenvalue weighted by Crippen LogP contribution is -1.95. The molecule has 1 aromatic carbocycles. The van der Waals surface area contributed by atoms with Crippen LogP contribution in [0.5, 0.6) is 5.75 Å². The summed E-state index contributed by atoms with van der Waals surface area (Å²) in [7, 11) is 1.63. The van der Waals surface area contributed by atoms with Crippen molar-refractivity contribution in [1.82, 2.24) is 15.0 Å². The minimum atomic E-state index is 0.365. The van der Waals surface area contributed by atoms with Gasteiger partial charge in [-0.2, -0.15) is 0 Å². The summed E-state index contributed by atoms with van der Waals surface area (Å²) in [4.78, 5) is 0. The molecule has 0 saturated carbocycles. The van der Waals surface area contributed by atoms with Crippen LogP contribution in [0.3, 0.4) is 0 Å². The molecule has 4 nitrogen and oxygen atoms in total. The van der Waals surface area contributed by atoms with Crippen LogP contribution in [-0.2, 0) is 5.88 Å². The molecule has 1 heterocycles. The van der Waals surface area contributed by atoms with Gasteiger partial charge in [-0.3, -0.25) is 0 Å². The fourth-order valence-corrected chi connectivity index (χ4v) is 1.36. The summed E-state index contributed by atoms with van der Waals surface area (Å²) >= 11 is 5.65. The van der Waals surface area contributed by atoms with E-state index in [1.54, 1.807) is 18.0 Å². The van der Waals surface area contributed by atoms with Crippen molar-refractivity contribution >= 4 is 11.6 Å². The molecule has 0 atom stereocenters. The van der Waals surface area contributed by atoms with Gasteiger partial charge in [0.15, 0.2) is 0 Å². The van der Waals surface area contributed by atoms with Gasteiger partial charge in [-0.05, 0) is 12.1 Å². The van der Waals surface area contributed by atoms with Gasteiger partial charge in [-0.15, -0.1) is 16.7 Å². The van der Waals surface area contributed by atoms with E-state index in [2.05, 4.69) is 10.3 Å². The Labute approximate surface area is 92.4 Å². The number of nitrogens with zero attached hydrogens (tertiary/aromatic N) is 3. The lowest BCUT2D eigenvalue weighted by atomic mass is 10.3. The van der Waals surface area contributed by atoms with Crippen molar-refractivity contribution in [3.05, 3.63) is 36.2 Å². The molecule has 2 rings (SSSR count). The summed E-state index contributed by atoms with van der Waals surface area (Å²) in [5.74, 6) is 1.15. The molecule has 78 valence electrons. The van der Waals surface area contributed by atoms with Crippen LogP contribution >= 0.6 is 11.6 Å². The molecule has 0 fully saturated rings. The van der Waals surface area contributed by atoms with Crippen LogP contribution in [0.15, 0.2) is 30.5 Å². The molecule has 0 bridgehead atoms. The molecule has 15 heavy (non-hydrogen) atoms. The first-order valence-electron chi connectivity index (χ1n) is 4.45. The Kier molecular flexibility index (Phi) is 2.87. The smallest absolute Gasteiger partial charge is 0.121 e. The highest BCUT2D eigenvalue weighted by molar-refractivity contribution is 6.16. The SMILES string of the molecule is COc1cccc(-n2cc(CCl)nn2)c1. The molecule has 0 aliphatic carbocycles. The highest BCUT2D eigenvalue weighted by Gasteiger charge is 2.02. The number of ether oxygens (including phenoxy) is 1. The second-order valence-corrected chi connectivity index (χ2v) is 3.26. The first-order valence-corrected chi connectivity index (χ1v) is 4.98. The van der Waals surface area contributed by atoms with Crippen LogP contribution < -0.4 is 4.74 Å². The Morgan fingerprint density at radius 2 is 2.33 bits per heavy atom. The number of methoxy groups -OCH3 is 1. The Balaban J connectivity index is 2.35. The van der Waals surface area contributed by atoms with E-state index >= 15 is 0 Å². The van der Waals surface area contributed by atoms with Crippen LogP contribution in [0.1, 0.15) is 5.69 Å². The quantitative estimate of drug-likeness (QED) is 0.748. The second kappa shape index (κ2) is 4.31. The van der Waals surface area contributed by atoms with Gasteiger partial charge in [0.05, 0.1) is 30.6 Å². The summed E-state index contributed by atoms with van der Waals surface area (Å²) in [6.45, 7) is 0. The van der Waals surface area contributed by atoms with Gasteiger partial charge in [0.1, 0.15) is 5.75 Å². The predicted octanol–water partition coefficient (Wildman–Crippen LogP) is 2.01. The van der Waals surface area contributed by atoms with Crippen LogP contribution in [0.25, 0.3) is 5.69 Å². The van der Waals surface area contributed by atoms with Gasteiger partial charge >= 0.3 is 0 Å². The summed E-state index contributed by atoms with van der Waals surface area (Å²) in [6, 6.07) is 7.58. The van der Waals surface area contributed by atoms with Crippen molar-refractivity contribution in [3.8, 4) is 11.4 Å². The zero-order valence-electron chi connectivity index (χ0n) is 8.22. The van der Waals surface area contributed by atoms with Crippen molar-refractivity contribution in [2.24, 2.45) is 0 Å². The molecule has 1 aromatic heterocycles. The molecule has 0 aliphatic heterocycles. The topological polar surface area (TPSA) is 39.9 Å². The first-order chi connectivity index (χ1) is 7.33. The Hall–Kier alpha value is -1.55. The fraction of sp³-hybridized carbons (Fsp3) is 0.200.